The van der Waals surface area contributed by atoms with Gasteiger partial charge in [0, 0.05) is 19.1 Å². The van der Waals surface area contributed by atoms with E-state index in [1.165, 1.54) is 0 Å². The molecule has 1 heterocycles. The molecule has 2 rings (SSSR count). The first-order valence-electron chi connectivity index (χ1n) is 6.82. The highest BCUT2D eigenvalue weighted by Crippen LogP contribution is 2.13. The molecule has 1 aliphatic rings. The second kappa shape index (κ2) is 6.37. The summed E-state index contributed by atoms with van der Waals surface area (Å²) in [6, 6.07) is 8.01. The highest BCUT2D eigenvalue weighted by Gasteiger charge is 2.28. The third-order valence-corrected chi connectivity index (χ3v) is 5.35. The van der Waals surface area contributed by atoms with Gasteiger partial charge >= 0.3 is 0 Å². The molecule has 1 aromatic rings. The second-order valence-electron chi connectivity index (χ2n) is 5.06. The topological polar surface area (TPSA) is 75.3 Å². The first-order chi connectivity index (χ1) is 9.53. The van der Waals surface area contributed by atoms with E-state index in [9.17, 15) is 13.2 Å². The average molecular weight is 296 g/mol. The van der Waals surface area contributed by atoms with Gasteiger partial charge in [-0.25, -0.2) is 8.42 Å². The van der Waals surface area contributed by atoms with E-state index in [1.54, 1.807) is 30.3 Å². The van der Waals surface area contributed by atoms with E-state index in [0.717, 1.165) is 0 Å². The summed E-state index contributed by atoms with van der Waals surface area (Å²) < 4.78 is 24.5. The lowest BCUT2D eigenvalue weighted by atomic mass is 10.0. The number of sulfone groups is 1. The lowest BCUT2D eigenvalue weighted by Gasteiger charge is -2.28. The van der Waals surface area contributed by atoms with Crippen LogP contribution in [0, 0.1) is 5.92 Å². The monoisotopic (exact) mass is 296 g/mol. The molecule has 1 atom stereocenters. The molecule has 1 unspecified atom stereocenters. The summed E-state index contributed by atoms with van der Waals surface area (Å²) in [5.74, 6) is -0.137. The van der Waals surface area contributed by atoms with Gasteiger partial charge in [-0.2, -0.15) is 0 Å². The molecule has 6 heteroatoms. The van der Waals surface area contributed by atoms with Gasteiger partial charge in [-0.05, 0) is 18.6 Å². The van der Waals surface area contributed by atoms with Crippen LogP contribution in [0.4, 0.5) is 0 Å². The lowest BCUT2D eigenvalue weighted by molar-refractivity contribution is -0.127. The molecule has 20 heavy (non-hydrogen) atoms. The summed E-state index contributed by atoms with van der Waals surface area (Å²) in [5, 5.41) is 5.86. The van der Waals surface area contributed by atoms with Crippen LogP contribution in [-0.4, -0.2) is 39.2 Å². The molecule has 0 bridgehead atoms. The van der Waals surface area contributed by atoms with Crippen LogP contribution < -0.4 is 10.6 Å². The maximum atomic E-state index is 12.3. The smallest absolute Gasteiger partial charge is 0.225 e. The minimum atomic E-state index is -3.36. The van der Waals surface area contributed by atoms with Crippen LogP contribution in [0.1, 0.15) is 13.3 Å². The zero-order valence-electron chi connectivity index (χ0n) is 11.5. The molecule has 1 aliphatic heterocycles. The Hall–Kier alpha value is -1.40. The van der Waals surface area contributed by atoms with Crippen molar-refractivity contribution in [1.29, 1.82) is 0 Å². The van der Waals surface area contributed by atoms with Crippen molar-refractivity contribution in [2.75, 3.05) is 18.8 Å². The summed E-state index contributed by atoms with van der Waals surface area (Å²) in [5.41, 5.74) is 0. The molecular weight excluding hydrogens is 276 g/mol. The third-order valence-electron chi connectivity index (χ3n) is 3.51. The van der Waals surface area contributed by atoms with Crippen LogP contribution in [0.5, 0.6) is 0 Å². The van der Waals surface area contributed by atoms with Crippen molar-refractivity contribution in [3.05, 3.63) is 30.3 Å². The quantitative estimate of drug-likeness (QED) is 0.805. The van der Waals surface area contributed by atoms with Crippen molar-refractivity contribution in [2.24, 2.45) is 5.92 Å². The number of carbonyl (C=O) groups is 1. The molecule has 1 amide bonds. The summed E-state index contributed by atoms with van der Waals surface area (Å²) in [6.07, 6.45) is 0.595. The fourth-order valence-corrected chi connectivity index (χ4v) is 3.66. The van der Waals surface area contributed by atoms with Crippen LogP contribution in [0.15, 0.2) is 35.2 Å². The van der Waals surface area contributed by atoms with E-state index in [2.05, 4.69) is 10.6 Å². The highest BCUT2D eigenvalue weighted by atomic mass is 32.2. The first-order valence-corrected chi connectivity index (χ1v) is 8.47. The summed E-state index contributed by atoms with van der Waals surface area (Å²) in [4.78, 5) is 12.2. The summed E-state index contributed by atoms with van der Waals surface area (Å²) in [6.45, 7) is 3.23. The van der Waals surface area contributed by atoms with E-state index >= 15 is 0 Å². The minimum Gasteiger partial charge on any atom is -0.352 e. The lowest BCUT2D eigenvalue weighted by Crippen LogP contribution is -2.53. The van der Waals surface area contributed by atoms with Gasteiger partial charge in [-0.1, -0.05) is 25.1 Å². The van der Waals surface area contributed by atoms with E-state index in [-0.39, 0.29) is 23.6 Å². The molecular formula is C14H20N2O3S. The van der Waals surface area contributed by atoms with Crippen LogP contribution in [0.2, 0.25) is 0 Å². The van der Waals surface area contributed by atoms with Crippen molar-refractivity contribution in [3.63, 3.8) is 0 Å². The maximum Gasteiger partial charge on any atom is 0.225 e. The minimum absolute atomic E-state index is 0.0246. The first kappa shape index (κ1) is 15.0. The van der Waals surface area contributed by atoms with Crippen LogP contribution in [-0.2, 0) is 14.6 Å². The predicted octanol–water partition coefficient (Wildman–Crippen LogP) is 0.575. The zero-order valence-corrected chi connectivity index (χ0v) is 12.3. The van der Waals surface area contributed by atoms with Gasteiger partial charge in [0.05, 0.1) is 16.6 Å². The van der Waals surface area contributed by atoms with Crippen LogP contribution in [0.25, 0.3) is 0 Å². The molecule has 1 aromatic carbocycles. The van der Waals surface area contributed by atoms with Crippen molar-refractivity contribution < 1.29 is 13.2 Å². The number of rotatable bonds is 6. The van der Waals surface area contributed by atoms with Gasteiger partial charge < -0.3 is 10.6 Å². The highest BCUT2D eigenvalue weighted by molar-refractivity contribution is 7.91. The Morgan fingerprint density at radius 3 is 2.50 bits per heavy atom. The van der Waals surface area contributed by atoms with Gasteiger partial charge in [-0.15, -0.1) is 0 Å². The predicted molar refractivity (Wildman–Crippen MR) is 77.1 cm³/mol. The van der Waals surface area contributed by atoms with E-state index in [0.29, 0.717) is 24.4 Å². The molecule has 2 N–H and O–H groups in total. The van der Waals surface area contributed by atoms with Gasteiger partial charge in [-0.3, -0.25) is 4.79 Å². The Morgan fingerprint density at radius 2 is 2.00 bits per heavy atom. The molecule has 110 valence electrons. The Balaban J connectivity index is 2.00. The third kappa shape index (κ3) is 3.58. The molecule has 0 radical (unpaired) electrons. The normalized spacial score (nSPS) is 17.2. The SMILES string of the molecule is CCC(CS(=O)(=O)c1ccccc1)NC(=O)C1CNC1. The van der Waals surface area contributed by atoms with Gasteiger partial charge in [0.1, 0.15) is 0 Å². The molecule has 0 aliphatic carbocycles. The Labute approximate surface area is 119 Å². The largest absolute Gasteiger partial charge is 0.352 e. The maximum absolute atomic E-state index is 12.3. The number of carbonyl (C=O) groups excluding carboxylic acids is 1. The van der Waals surface area contributed by atoms with Crippen molar-refractivity contribution >= 4 is 15.7 Å². The van der Waals surface area contributed by atoms with Crippen LogP contribution >= 0.6 is 0 Å². The Kier molecular flexibility index (Phi) is 4.77. The van der Waals surface area contributed by atoms with Crippen molar-refractivity contribution in [2.45, 2.75) is 24.3 Å². The molecule has 0 spiro atoms. The standard InChI is InChI=1S/C14H20N2O3S/c1-2-12(16-14(17)11-8-15-9-11)10-20(18,19)13-6-4-3-5-7-13/h3-7,11-12,15H,2,8-10H2,1H3,(H,16,17). The van der Waals surface area contributed by atoms with Crippen molar-refractivity contribution in [1.82, 2.24) is 10.6 Å². The molecule has 0 saturated carbocycles. The fraction of sp³-hybridized carbons (Fsp3) is 0.500. The molecule has 1 saturated heterocycles. The van der Waals surface area contributed by atoms with Crippen molar-refractivity contribution in [3.8, 4) is 0 Å². The molecule has 5 nitrogen and oxygen atoms in total. The Morgan fingerprint density at radius 1 is 1.35 bits per heavy atom. The number of nitrogens with one attached hydrogen (secondary N) is 2. The average Bonchev–Trinajstić information content (AvgIpc) is 2.36. The molecule has 0 aromatic heterocycles. The van der Waals surface area contributed by atoms with Gasteiger partial charge in [0.25, 0.3) is 0 Å². The van der Waals surface area contributed by atoms with Gasteiger partial charge in [0.15, 0.2) is 9.84 Å². The Bertz CT molecular complexity index is 553. The second-order valence-corrected chi connectivity index (χ2v) is 7.10. The van der Waals surface area contributed by atoms with E-state index in [4.69, 9.17) is 0 Å². The van der Waals surface area contributed by atoms with E-state index in [1.807, 2.05) is 6.92 Å². The summed E-state index contributed by atoms with van der Waals surface area (Å²) >= 11 is 0. The molecule has 1 fully saturated rings. The van der Waals surface area contributed by atoms with Gasteiger partial charge in [0.2, 0.25) is 5.91 Å². The fourth-order valence-electron chi connectivity index (χ4n) is 2.04. The van der Waals surface area contributed by atoms with Crippen LogP contribution in [0.3, 0.4) is 0 Å². The number of hydrogen-bond acceptors (Lipinski definition) is 4. The van der Waals surface area contributed by atoms with E-state index < -0.39 is 9.84 Å². The number of hydrogen-bond donors (Lipinski definition) is 2. The zero-order chi connectivity index (χ0) is 14.6. The number of benzene rings is 1. The number of amides is 1. The summed E-state index contributed by atoms with van der Waals surface area (Å²) in [7, 11) is -3.36.